The van der Waals surface area contributed by atoms with E-state index in [4.69, 9.17) is 0 Å². The zero-order valence-electron chi connectivity index (χ0n) is 14.3. The maximum absolute atomic E-state index is 3.91. The molecule has 1 aromatic carbocycles. The Morgan fingerprint density at radius 1 is 1.09 bits per heavy atom. The van der Waals surface area contributed by atoms with Crippen LogP contribution in [0, 0.1) is 5.92 Å². The fourth-order valence-corrected chi connectivity index (χ4v) is 3.86. The van der Waals surface area contributed by atoms with Crippen LogP contribution in [0.5, 0.6) is 0 Å². The van der Waals surface area contributed by atoms with Crippen LogP contribution in [0.3, 0.4) is 0 Å². The number of nitrogens with zero attached hydrogens (tertiary/aromatic N) is 1. The van der Waals surface area contributed by atoms with Gasteiger partial charge in [-0.1, -0.05) is 42.0 Å². The van der Waals surface area contributed by atoms with E-state index in [1.54, 1.807) is 0 Å². The molecule has 0 aliphatic heterocycles. The number of rotatable bonds is 5. The molecule has 2 atom stereocenters. The van der Waals surface area contributed by atoms with Gasteiger partial charge >= 0.3 is 0 Å². The molecule has 0 radical (unpaired) electrons. The molecule has 22 heavy (non-hydrogen) atoms. The molecule has 2 aliphatic carbocycles. The third-order valence-electron chi connectivity index (χ3n) is 5.45. The second-order valence-electron chi connectivity index (χ2n) is 7.38. The van der Waals surface area contributed by atoms with Crippen LogP contribution < -0.4 is 5.32 Å². The van der Waals surface area contributed by atoms with Crippen molar-refractivity contribution in [3.63, 3.8) is 0 Å². The molecule has 0 bridgehead atoms. The first-order chi connectivity index (χ1) is 10.6. The molecule has 120 valence electrons. The second-order valence-corrected chi connectivity index (χ2v) is 7.38. The standard InChI is InChI=1S/C20H30N2/c1-15(13-16-7-5-4-6-8-16)19-14-20(19)21-17-9-11-18(12-10-17)22(2)3/h4-8,13,17-21H,9-12,14H2,1-3H3/b15-13+. The van der Waals surface area contributed by atoms with E-state index >= 15 is 0 Å². The van der Waals surface area contributed by atoms with Crippen molar-refractivity contribution < 1.29 is 0 Å². The Balaban J connectivity index is 1.46. The fraction of sp³-hybridized carbons (Fsp3) is 0.600. The van der Waals surface area contributed by atoms with E-state index in [0.717, 1.165) is 24.0 Å². The molecule has 0 heterocycles. The highest BCUT2D eigenvalue weighted by Crippen LogP contribution is 2.39. The second kappa shape index (κ2) is 6.97. The minimum Gasteiger partial charge on any atom is -0.311 e. The lowest BCUT2D eigenvalue weighted by molar-refractivity contribution is 0.203. The molecule has 2 heteroatoms. The fourth-order valence-electron chi connectivity index (χ4n) is 3.86. The molecule has 2 nitrogen and oxygen atoms in total. The molecule has 0 spiro atoms. The number of hydrogen-bond donors (Lipinski definition) is 1. The van der Waals surface area contributed by atoms with Crippen molar-refractivity contribution in [1.82, 2.24) is 10.2 Å². The van der Waals surface area contributed by atoms with Crippen molar-refractivity contribution >= 4 is 6.08 Å². The van der Waals surface area contributed by atoms with E-state index < -0.39 is 0 Å². The quantitative estimate of drug-likeness (QED) is 0.885. The summed E-state index contributed by atoms with van der Waals surface area (Å²) in [7, 11) is 4.43. The van der Waals surface area contributed by atoms with Gasteiger partial charge in [0.15, 0.2) is 0 Å². The monoisotopic (exact) mass is 298 g/mol. The van der Waals surface area contributed by atoms with Gasteiger partial charge in [-0.2, -0.15) is 0 Å². The Morgan fingerprint density at radius 2 is 1.77 bits per heavy atom. The lowest BCUT2D eigenvalue weighted by Gasteiger charge is -2.33. The topological polar surface area (TPSA) is 15.3 Å². The minimum absolute atomic E-state index is 0.723. The highest BCUT2D eigenvalue weighted by molar-refractivity contribution is 5.53. The Morgan fingerprint density at radius 3 is 2.41 bits per heavy atom. The van der Waals surface area contributed by atoms with Gasteiger partial charge in [0, 0.05) is 18.1 Å². The van der Waals surface area contributed by atoms with Crippen molar-refractivity contribution in [2.75, 3.05) is 14.1 Å². The number of benzene rings is 1. The van der Waals surface area contributed by atoms with Gasteiger partial charge < -0.3 is 10.2 Å². The van der Waals surface area contributed by atoms with Gasteiger partial charge in [-0.15, -0.1) is 0 Å². The molecule has 1 N–H and O–H groups in total. The summed E-state index contributed by atoms with van der Waals surface area (Å²) in [6.45, 7) is 2.29. The highest BCUT2D eigenvalue weighted by atomic mass is 15.1. The molecule has 2 saturated carbocycles. The van der Waals surface area contributed by atoms with Gasteiger partial charge in [-0.25, -0.2) is 0 Å². The van der Waals surface area contributed by atoms with Gasteiger partial charge in [0.05, 0.1) is 0 Å². The van der Waals surface area contributed by atoms with Gasteiger partial charge in [0.2, 0.25) is 0 Å². The Hall–Kier alpha value is -1.12. The summed E-state index contributed by atoms with van der Waals surface area (Å²) in [4.78, 5) is 2.39. The van der Waals surface area contributed by atoms with Crippen LogP contribution in [-0.4, -0.2) is 37.1 Å². The average Bonchev–Trinajstić information content (AvgIpc) is 3.28. The Kier molecular flexibility index (Phi) is 5.00. The summed E-state index contributed by atoms with van der Waals surface area (Å²) in [5.41, 5.74) is 2.86. The summed E-state index contributed by atoms with van der Waals surface area (Å²) in [6.07, 6.45) is 9.06. The first kappa shape index (κ1) is 15.8. The van der Waals surface area contributed by atoms with Crippen molar-refractivity contribution in [2.24, 2.45) is 5.92 Å². The molecule has 0 aromatic heterocycles. The maximum atomic E-state index is 3.91. The van der Waals surface area contributed by atoms with Gasteiger partial charge in [0.1, 0.15) is 0 Å². The molecule has 0 amide bonds. The lowest BCUT2D eigenvalue weighted by Crippen LogP contribution is -2.40. The Labute approximate surface area is 135 Å². The van der Waals surface area contributed by atoms with Crippen LogP contribution >= 0.6 is 0 Å². The van der Waals surface area contributed by atoms with Crippen molar-refractivity contribution in [3.8, 4) is 0 Å². The summed E-state index contributed by atoms with van der Waals surface area (Å²) >= 11 is 0. The summed E-state index contributed by atoms with van der Waals surface area (Å²) < 4.78 is 0. The zero-order chi connectivity index (χ0) is 15.5. The van der Waals surface area contributed by atoms with E-state index in [1.165, 1.54) is 43.2 Å². The number of hydrogen-bond acceptors (Lipinski definition) is 2. The summed E-state index contributed by atoms with van der Waals surface area (Å²) in [6, 6.07) is 13.0. The summed E-state index contributed by atoms with van der Waals surface area (Å²) in [5, 5.41) is 3.91. The molecular formula is C20H30N2. The lowest BCUT2D eigenvalue weighted by atomic mass is 9.90. The van der Waals surface area contributed by atoms with Crippen LogP contribution in [0.4, 0.5) is 0 Å². The highest BCUT2D eigenvalue weighted by Gasteiger charge is 2.39. The molecule has 2 fully saturated rings. The molecule has 1 aromatic rings. The predicted molar refractivity (Wildman–Crippen MR) is 94.9 cm³/mol. The van der Waals surface area contributed by atoms with E-state index in [-0.39, 0.29) is 0 Å². The minimum atomic E-state index is 0.723. The normalized spacial score (nSPS) is 32.3. The van der Waals surface area contributed by atoms with Crippen LogP contribution in [0.1, 0.15) is 44.6 Å². The predicted octanol–water partition coefficient (Wildman–Crippen LogP) is 3.94. The third-order valence-corrected chi connectivity index (χ3v) is 5.45. The van der Waals surface area contributed by atoms with Gasteiger partial charge in [-0.05, 0) is 64.6 Å². The SMILES string of the molecule is C/C(=C\c1ccccc1)C1CC1NC1CCC(N(C)C)CC1. The van der Waals surface area contributed by atoms with Crippen LogP contribution in [0.25, 0.3) is 6.08 Å². The Bertz CT molecular complexity index is 498. The van der Waals surface area contributed by atoms with Gasteiger partial charge in [0.25, 0.3) is 0 Å². The molecular weight excluding hydrogens is 268 g/mol. The van der Waals surface area contributed by atoms with E-state index in [2.05, 4.69) is 67.6 Å². The number of nitrogens with one attached hydrogen (secondary N) is 1. The van der Waals surface area contributed by atoms with E-state index in [0.29, 0.717) is 0 Å². The average molecular weight is 298 g/mol. The van der Waals surface area contributed by atoms with Crippen LogP contribution in [-0.2, 0) is 0 Å². The molecule has 2 aliphatic rings. The van der Waals surface area contributed by atoms with Crippen molar-refractivity contribution in [3.05, 3.63) is 41.5 Å². The van der Waals surface area contributed by atoms with E-state index in [1.807, 2.05) is 0 Å². The molecule has 0 saturated heterocycles. The van der Waals surface area contributed by atoms with Crippen molar-refractivity contribution in [2.45, 2.75) is 57.2 Å². The maximum Gasteiger partial charge on any atom is 0.0142 e. The van der Waals surface area contributed by atoms with Crippen LogP contribution in [0.2, 0.25) is 0 Å². The first-order valence-corrected chi connectivity index (χ1v) is 8.79. The smallest absolute Gasteiger partial charge is 0.0142 e. The van der Waals surface area contributed by atoms with Gasteiger partial charge in [-0.3, -0.25) is 0 Å². The zero-order valence-corrected chi connectivity index (χ0v) is 14.3. The molecule has 2 unspecified atom stereocenters. The summed E-state index contributed by atoms with van der Waals surface area (Å²) in [5.74, 6) is 0.756. The van der Waals surface area contributed by atoms with Crippen LogP contribution in [0.15, 0.2) is 35.9 Å². The van der Waals surface area contributed by atoms with E-state index in [9.17, 15) is 0 Å². The molecule has 3 rings (SSSR count). The van der Waals surface area contributed by atoms with Crippen molar-refractivity contribution in [1.29, 1.82) is 0 Å². The largest absolute Gasteiger partial charge is 0.311 e. The third kappa shape index (κ3) is 3.99. The first-order valence-electron chi connectivity index (χ1n) is 8.79.